The van der Waals surface area contributed by atoms with Crippen molar-refractivity contribution in [1.82, 2.24) is 24.0 Å². The molecule has 0 aliphatic carbocycles. The zero-order chi connectivity index (χ0) is 22.4. The lowest BCUT2D eigenvalue weighted by Gasteiger charge is -2.18. The maximum atomic E-state index is 13.6. The summed E-state index contributed by atoms with van der Waals surface area (Å²) >= 11 is 0. The van der Waals surface area contributed by atoms with Gasteiger partial charge in [-0.25, -0.2) is 9.97 Å². The lowest BCUT2D eigenvalue weighted by Crippen LogP contribution is -2.34. The summed E-state index contributed by atoms with van der Waals surface area (Å²) in [7, 11) is 1.47. The van der Waals surface area contributed by atoms with Crippen LogP contribution in [0.5, 0.6) is 0 Å². The number of benzene rings is 2. The summed E-state index contributed by atoms with van der Waals surface area (Å²) in [4.78, 5) is 35.3. The van der Waals surface area contributed by atoms with Gasteiger partial charge in [-0.15, -0.1) is 0 Å². The Kier molecular flexibility index (Phi) is 4.69. The summed E-state index contributed by atoms with van der Waals surface area (Å²) in [6.07, 6.45) is 1.28. The number of carbonyl (C=O) groups excluding carboxylic acids is 1. The predicted octanol–water partition coefficient (Wildman–Crippen LogP) is 3.55. The fraction of sp³-hybridized carbons (Fsp3) is 0.182. The van der Waals surface area contributed by atoms with Crippen LogP contribution in [0.4, 0.5) is 8.78 Å². The van der Waals surface area contributed by atoms with Crippen LogP contribution in [0.25, 0.3) is 33.1 Å². The Balaban J connectivity index is 1.42. The minimum Gasteiger partial charge on any atom is -0.448 e. The Morgan fingerprint density at radius 2 is 1.91 bits per heavy atom. The van der Waals surface area contributed by atoms with Crippen LogP contribution in [-0.2, 0) is 17.9 Å². The first-order valence-corrected chi connectivity index (χ1v) is 9.78. The third-order valence-electron chi connectivity index (χ3n) is 5.32. The van der Waals surface area contributed by atoms with E-state index in [2.05, 4.69) is 9.97 Å². The second-order valence-corrected chi connectivity index (χ2v) is 7.37. The molecule has 5 aromatic rings. The molecule has 10 heteroatoms. The first kappa shape index (κ1) is 19.9. The number of amides is 1. The monoisotopic (exact) mass is 437 g/mol. The van der Waals surface area contributed by atoms with Crippen molar-refractivity contribution >= 4 is 39.0 Å². The molecule has 0 fully saturated rings. The summed E-state index contributed by atoms with van der Waals surface area (Å²) in [5, 5.41) is 0.709. The molecular formula is C22H17F2N5O3. The predicted molar refractivity (Wildman–Crippen MR) is 113 cm³/mol. The van der Waals surface area contributed by atoms with Crippen LogP contribution in [0.15, 0.2) is 64.1 Å². The number of likely N-dealkylation sites (N-methyl/N-ethyl adjacent to an activating group) is 1. The molecule has 0 radical (unpaired) electrons. The summed E-state index contributed by atoms with van der Waals surface area (Å²) in [6.45, 7) is -3.26. The lowest BCUT2D eigenvalue weighted by molar-refractivity contribution is -0.131. The molecule has 2 aromatic carbocycles. The average Bonchev–Trinajstić information content (AvgIpc) is 3.34. The lowest BCUT2D eigenvalue weighted by atomic mass is 10.2. The first-order valence-electron chi connectivity index (χ1n) is 9.78. The molecule has 3 heterocycles. The molecule has 0 unspecified atom stereocenters. The molecule has 0 saturated heterocycles. The molecule has 32 heavy (non-hydrogen) atoms. The van der Waals surface area contributed by atoms with E-state index in [1.165, 1.54) is 18.3 Å². The summed E-state index contributed by atoms with van der Waals surface area (Å²) in [5.74, 6) is -0.410. The van der Waals surface area contributed by atoms with Crippen LogP contribution in [0.2, 0.25) is 0 Å². The fourth-order valence-electron chi connectivity index (χ4n) is 3.72. The van der Waals surface area contributed by atoms with Crippen molar-refractivity contribution in [2.45, 2.75) is 19.6 Å². The normalized spacial score (nSPS) is 11.8. The number of hydrogen-bond acceptors (Lipinski definition) is 5. The number of rotatable bonds is 5. The zero-order valence-corrected chi connectivity index (χ0v) is 16.9. The minimum atomic E-state index is -2.80. The van der Waals surface area contributed by atoms with E-state index in [4.69, 9.17) is 4.42 Å². The van der Waals surface area contributed by atoms with Gasteiger partial charge in [0.05, 0.1) is 23.9 Å². The van der Waals surface area contributed by atoms with Crippen LogP contribution in [0, 0.1) is 0 Å². The molecule has 5 rings (SSSR count). The highest BCUT2D eigenvalue weighted by molar-refractivity contribution is 6.01. The van der Waals surface area contributed by atoms with Crippen molar-refractivity contribution in [2.75, 3.05) is 7.05 Å². The summed E-state index contributed by atoms with van der Waals surface area (Å²) < 4.78 is 34.8. The molecule has 0 saturated carbocycles. The Labute approximate surface area is 179 Å². The van der Waals surface area contributed by atoms with E-state index in [0.717, 1.165) is 9.13 Å². The number of halogens is 2. The first-order chi connectivity index (χ1) is 15.4. The van der Waals surface area contributed by atoms with E-state index in [9.17, 15) is 18.4 Å². The SMILES string of the molecule is CN(Cc1nc2ccccc2n1C(F)F)C(=O)Cn1cnc2c(oc3ccccc32)c1=O. The Bertz CT molecular complexity index is 1540. The highest BCUT2D eigenvalue weighted by Crippen LogP contribution is 2.25. The van der Waals surface area contributed by atoms with Crippen molar-refractivity contribution in [3.63, 3.8) is 0 Å². The molecule has 162 valence electrons. The highest BCUT2D eigenvalue weighted by Gasteiger charge is 2.21. The molecular weight excluding hydrogens is 420 g/mol. The van der Waals surface area contributed by atoms with Crippen molar-refractivity contribution in [1.29, 1.82) is 0 Å². The van der Waals surface area contributed by atoms with Crippen molar-refractivity contribution in [3.05, 3.63) is 71.0 Å². The van der Waals surface area contributed by atoms with Gasteiger partial charge in [-0.2, -0.15) is 8.78 Å². The molecule has 0 aliphatic rings. The van der Waals surface area contributed by atoms with Crippen molar-refractivity contribution in [2.24, 2.45) is 0 Å². The third kappa shape index (κ3) is 3.20. The van der Waals surface area contributed by atoms with E-state index in [0.29, 0.717) is 22.0 Å². The molecule has 0 N–H and O–H groups in total. The molecule has 3 aromatic heterocycles. The van der Waals surface area contributed by atoms with Crippen LogP contribution >= 0.6 is 0 Å². The van der Waals surface area contributed by atoms with Gasteiger partial charge in [0, 0.05) is 12.4 Å². The molecule has 8 nitrogen and oxygen atoms in total. The fourth-order valence-corrected chi connectivity index (χ4v) is 3.72. The maximum absolute atomic E-state index is 13.6. The quantitative estimate of drug-likeness (QED) is 0.420. The van der Waals surface area contributed by atoms with E-state index >= 15 is 0 Å². The molecule has 0 spiro atoms. The summed E-state index contributed by atoms with van der Waals surface area (Å²) in [5.41, 5.74) is 1.22. The number of imidazole rings is 1. The number of carbonyl (C=O) groups is 1. The number of furan rings is 1. The zero-order valence-electron chi connectivity index (χ0n) is 16.9. The van der Waals surface area contributed by atoms with E-state index in [-0.39, 0.29) is 30.0 Å². The van der Waals surface area contributed by atoms with Gasteiger partial charge in [-0.1, -0.05) is 24.3 Å². The largest absolute Gasteiger partial charge is 0.448 e. The van der Waals surface area contributed by atoms with Crippen LogP contribution in [0.1, 0.15) is 12.4 Å². The van der Waals surface area contributed by atoms with Gasteiger partial charge in [0.15, 0.2) is 0 Å². The van der Waals surface area contributed by atoms with E-state index in [1.54, 1.807) is 42.5 Å². The van der Waals surface area contributed by atoms with Crippen molar-refractivity contribution in [3.8, 4) is 0 Å². The Morgan fingerprint density at radius 1 is 1.16 bits per heavy atom. The van der Waals surface area contributed by atoms with Gasteiger partial charge < -0.3 is 9.32 Å². The minimum absolute atomic E-state index is 0.0512. The molecule has 0 aliphatic heterocycles. The van der Waals surface area contributed by atoms with Gasteiger partial charge in [-0.3, -0.25) is 18.7 Å². The van der Waals surface area contributed by atoms with Crippen LogP contribution < -0.4 is 5.56 Å². The molecule has 0 bridgehead atoms. The number of fused-ring (bicyclic) bond motifs is 4. The third-order valence-corrected chi connectivity index (χ3v) is 5.32. The van der Waals surface area contributed by atoms with Gasteiger partial charge in [0.25, 0.3) is 5.56 Å². The van der Waals surface area contributed by atoms with E-state index in [1.807, 2.05) is 6.07 Å². The Morgan fingerprint density at radius 3 is 2.72 bits per heavy atom. The van der Waals surface area contributed by atoms with E-state index < -0.39 is 18.0 Å². The number of para-hydroxylation sites is 3. The number of aromatic nitrogens is 4. The van der Waals surface area contributed by atoms with Crippen LogP contribution in [-0.4, -0.2) is 37.0 Å². The second-order valence-electron chi connectivity index (χ2n) is 7.37. The summed E-state index contributed by atoms with van der Waals surface area (Å²) in [6, 6.07) is 13.7. The van der Waals surface area contributed by atoms with Gasteiger partial charge in [0.2, 0.25) is 11.5 Å². The molecule has 1 amide bonds. The van der Waals surface area contributed by atoms with Crippen molar-refractivity contribution < 1.29 is 18.0 Å². The Hall–Kier alpha value is -4.08. The molecule has 0 atom stereocenters. The van der Waals surface area contributed by atoms with Crippen LogP contribution in [0.3, 0.4) is 0 Å². The number of hydrogen-bond donors (Lipinski definition) is 0. The number of alkyl halides is 2. The second kappa shape index (κ2) is 7.56. The maximum Gasteiger partial charge on any atom is 0.320 e. The number of nitrogens with zero attached hydrogens (tertiary/aromatic N) is 5. The smallest absolute Gasteiger partial charge is 0.320 e. The average molecular weight is 437 g/mol. The topological polar surface area (TPSA) is 86.2 Å². The van der Waals surface area contributed by atoms with Gasteiger partial charge >= 0.3 is 6.55 Å². The van der Waals surface area contributed by atoms with Gasteiger partial charge in [0.1, 0.15) is 23.5 Å². The van der Waals surface area contributed by atoms with Gasteiger partial charge in [-0.05, 0) is 24.3 Å². The highest BCUT2D eigenvalue weighted by atomic mass is 19.3. The standard InChI is InChI=1S/C22H17F2N5O3/c1-27(10-17-26-14-7-3-4-8-15(14)29(17)22(23)24)18(30)11-28-12-25-19-13-6-2-5-9-16(13)32-20(19)21(28)31/h2-9,12,22H,10-11H2,1H3.